The lowest BCUT2D eigenvalue weighted by atomic mass is 10.0. The molecule has 19 heteroatoms. The van der Waals surface area contributed by atoms with E-state index in [0.717, 1.165) is 135 Å². The minimum absolute atomic E-state index is 0.0805. The number of rotatable bonds is 74. The van der Waals surface area contributed by atoms with Crippen LogP contribution in [-0.4, -0.2) is 96.7 Å². The molecule has 0 aromatic heterocycles. The summed E-state index contributed by atoms with van der Waals surface area (Å²) in [5, 5.41) is 10.6. The molecule has 3 N–H and O–H groups in total. The van der Waals surface area contributed by atoms with Gasteiger partial charge < -0.3 is 33.8 Å². The van der Waals surface area contributed by atoms with Crippen molar-refractivity contribution in [2.24, 2.45) is 0 Å². The van der Waals surface area contributed by atoms with Crippen LogP contribution in [0.15, 0.2) is 48.6 Å². The maximum atomic E-state index is 13.1. The average Bonchev–Trinajstić information content (AvgIpc) is 1.36. The maximum absolute atomic E-state index is 13.1. The van der Waals surface area contributed by atoms with Crippen molar-refractivity contribution < 1.29 is 80.2 Å². The van der Waals surface area contributed by atoms with Crippen molar-refractivity contribution in [1.82, 2.24) is 0 Å². The number of ether oxygens (including phenoxy) is 4. The third-order valence-electron chi connectivity index (χ3n) is 16.8. The molecule has 0 aromatic carbocycles. The van der Waals surface area contributed by atoms with Crippen molar-refractivity contribution in [2.45, 2.75) is 380 Å². The fourth-order valence-electron chi connectivity index (χ4n) is 10.8. The Morgan fingerprint density at radius 1 is 0.292 bits per heavy atom. The van der Waals surface area contributed by atoms with Crippen molar-refractivity contribution in [3.05, 3.63) is 48.6 Å². The van der Waals surface area contributed by atoms with E-state index in [1.165, 1.54) is 148 Å². The molecule has 0 aliphatic rings. The molecule has 0 spiro atoms. The van der Waals surface area contributed by atoms with E-state index in [9.17, 15) is 43.2 Å². The fourth-order valence-corrected chi connectivity index (χ4v) is 12.4. The Morgan fingerprint density at radius 3 is 0.792 bits per heavy atom. The summed E-state index contributed by atoms with van der Waals surface area (Å²) in [5.74, 6) is -2.17. The van der Waals surface area contributed by atoms with E-state index >= 15 is 0 Å². The smallest absolute Gasteiger partial charge is 0.462 e. The number of carbonyl (C=O) groups excluding carboxylic acids is 4. The van der Waals surface area contributed by atoms with Gasteiger partial charge in [0.2, 0.25) is 0 Å². The summed E-state index contributed by atoms with van der Waals surface area (Å²) in [6, 6.07) is 0. The second-order valence-electron chi connectivity index (χ2n) is 26.3. The molecule has 0 amide bonds. The van der Waals surface area contributed by atoms with E-state index in [2.05, 4.69) is 76.3 Å². The molecule has 0 radical (unpaired) electrons. The zero-order valence-electron chi connectivity index (χ0n) is 61.3. The van der Waals surface area contributed by atoms with Crippen molar-refractivity contribution in [1.29, 1.82) is 0 Å². The van der Waals surface area contributed by atoms with Gasteiger partial charge in [0.1, 0.15) is 19.3 Å². The van der Waals surface area contributed by atoms with Gasteiger partial charge in [-0.1, -0.05) is 295 Å². The second kappa shape index (κ2) is 70.5. The second-order valence-corrected chi connectivity index (χ2v) is 29.2. The average molecular weight is 1400 g/mol. The van der Waals surface area contributed by atoms with Crippen molar-refractivity contribution >= 4 is 39.5 Å². The highest BCUT2D eigenvalue weighted by atomic mass is 31.2. The van der Waals surface area contributed by atoms with Crippen LogP contribution in [0.4, 0.5) is 0 Å². The third-order valence-corrected chi connectivity index (χ3v) is 18.7. The first-order valence-corrected chi connectivity index (χ1v) is 41.9. The number of aliphatic hydroxyl groups excluding tert-OH is 1. The molecule has 0 fully saturated rings. The summed E-state index contributed by atoms with van der Waals surface area (Å²) in [4.78, 5) is 72.8. The van der Waals surface area contributed by atoms with Gasteiger partial charge in [0.15, 0.2) is 12.2 Å². The lowest BCUT2D eigenvalue weighted by Crippen LogP contribution is -2.30. The van der Waals surface area contributed by atoms with Crippen molar-refractivity contribution in [3.8, 4) is 0 Å². The Labute approximate surface area is 585 Å². The number of hydrogen-bond acceptors (Lipinski definition) is 15. The summed E-state index contributed by atoms with van der Waals surface area (Å²) >= 11 is 0. The number of unbranched alkanes of at least 4 members (excludes halogenated alkanes) is 40. The van der Waals surface area contributed by atoms with Crippen LogP contribution in [0.5, 0.6) is 0 Å². The van der Waals surface area contributed by atoms with Crippen LogP contribution < -0.4 is 0 Å². The minimum Gasteiger partial charge on any atom is -0.462 e. The number of phosphoric acid groups is 2. The Morgan fingerprint density at radius 2 is 0.510 bits per heavy atom. The SMILES string of the molecule is CCCCC/C=C\C/C=C\CCCCCCCC(=O)OC[C@H](COP(=O)(O)OC[C@H](O)COP(=O)(O)OC[C@@H](COC(=O)CCCCCCCCCCCCCCC)OC(=O)CCCCCCCCCCCCCCC)OC(=O)CCCCCCC/C=C\C/C=C\CCCCC. The maximum Gasteiger partial charge on any atom is 0.472 e. The van der Waals surface area contributed by atoms with Gasteiger partial charge in [-0.25, -0.2) is 9.13 Å². The van der Waals surface area contributed by atoms with Gasteiger partial charge in [-0.3, -0.25) is 37.3 Å². The molecule has 96 heavy (non-hydrogen) atoms. The highest BCUT2D eigenvalue weighted by Crippen LogP contribution is 2.45. The lowest BCUT2D eigenvalue weighted by molar-refractivity contribution is -0.161. The Bertz CT molecular complexity index is 2010. The predicted molar refractivity (Wildman–Crippen MR) is 390 cm³/mol. The molecular formula is C77H142O17P2. The van der Waals surface area contributed by atoms with Crippen LogP contribution in [0.3, 0.4) is 0 Å². The minimum atomic E-state index is -4.97. The van der Waals surface area contributed by atoms with Crippen LogP contribution in [0.25, 0.3) is 0 Å². The number of hydrogen-bond donors (Lipinski definition) is 3. The number of allylic oxidation sites excluding steroid dienone is 8. The zero-order chi connectivity index (χ0) is 70.4. The molecule has 0 rings (SSSR count). The number of carbonyl (C=O) groups is 4. The highest BCUT2D eigenvalue weighted by molar-refractivity contribution is 7.47. The molecule has 17 nitrogen and oxygen atoms in total. The van der Waals surface area contributed by atoms with Gasteiger partial charge in [-0.2, -0.15) is 0 Å². The molecule has 0 heterocycles. The van der Waals surface area contributed by atoms with E-state index < -0.39 is 97.5 Å². The van der Waals surface area contributed by atoms with Gasteiger partial charge in [-0.05, 0) is 89.9 Å². The third kappa shape index (κ3) is 69.5. The Kier molecular flexibility index (Phi) is 68.3. The normalized spacial score (nSPS) is 14.2. The molecule has 0 aliphatic heterocycles. The van der Waals surface area contributed by atoms with Crippen molar-refractivity contribution in [2.75, 3.05) is 39.6 Å². The number of esters is 4. The topological polar surface area (TPSA) is 237 Å². The molecule has 0 aliphatic carbocycles. The summed E-state index contributed by atoms with van der Waals surface area (Å²) in [7, 11) is -9.93. The largest absolute Gasteiger partial charge is 0.472 e. The molecule has 562 valence electrons. The van der Waals surface area contributed by atoms with Crippen LogP contribution >= 0.6 is 15.6 Å². The molecule has 0 saturated carbocycles. The van der Waals surface area contributed by atoms with Crippen LogP contribution in [0.2, 0.25) is 0 Å². The van der Waals surface area contributed by atoms with Crippen LogP contribution in [-0.2, 0) is 65.4 Å². The molecule has 2 unspecified atom stereocenters. The summed E-state index contributed by atoms with van der Waals surface area (Å²) in [6.45, 7) is 4.86. The monoisotopic (exact) mass is 1400 g/mol. The van der Waals surface area contributed by atoms with E-state index in [1.54, 1.807) is 0 Å². The first-order chi connectivity index (χ1) is 46.7. The predicted octanol–water partition coefficient (Wildman–Crippen LogP) is 22.1. The number of aliphatic hydroxyl groups is 1. The van der Waals surface area contributed by atoms with Gasteiger partial charge in [-0.15, -0.1) is 0 Å². The number of phosphoric ester groups is 2. The Balaban J connectivity index is 5.33. The first-order valence-electron chi connectivity index (χ1n) is 38.9. The van der Waals surface area contributed by atoms with Gasteiger partial charge in [0.25, 0.3) is 0 Å². The van der Waals surface area contributed by atoms with Crippen LogP contribution in [0, 0.1) is 0 Å². The summed E-state index contributed by atoms with van der Waals surface area (Å²) in [5.41, 5.74) is 0. The first kappa shape index (κ1) is 93.0. The fraction of sp³-hybridized carbons (Fsp3) is 0.844. The summed E-state index contributed by atoms with van der Waals surface area (Å²) in [6.07, 6.45) is 66.6. The Hall–Kier alpha value is -2.98. The molecule has 0 aromatic rings. The molecular weight excluding hydrogens is 1260 g/mol. The van der Waals surface area contributed by atoms with E-state index in [-0.39, 0.29) is 25.7 Å². The van der Waals surface area contributed by atoms with Gasteiger partial charge >= 0.3 is 39.5 Å². The molecule has 0 saturated heterocycles. The zero-order valence-corrected chi connectivity index (χ0v) is 63.1. The van der Waals surface area contributed by atoms with Crippen molar-refractivity contribution in [3.63, 3.8) is 0 Å². The van der Waals surface area contributed by atoms with E-state index in [1.807, 2.05) is 0 Å². The van der Waals surface area contributed by atoms with Gasteiger partial charge in [0, 0.05) is 25.7 Å². The van der Waals surface area contributed by atoms with Gasteiger partial charge in [0.05, 0.1) is 26.4 Å². The van der Waals surface area contributed by atoms with E-state index in [0.29, 0.717) is 25.7 Å². The lowest BCUT2D eigenvalue weighted by Gasteiger charge is -2.21. The van der Waals surface area contributed by atoms with Crippen LogP contribution in [0.1, 0.15) is 362 Å². The molecule has 5 atom stereocenters. The summed E-state index contributed by atoms with van der Waals surface area (Å²) < 4.78 is 68.5. The standard InChI is InChI=1S/C77H142O17P2/c1-5-9-13-17-21-25-29-33-35-39-42-46-50-54-58-62-75(80)88-68-73(94-77(82)64-60-56-52-48-44-40-36-34-30-26-22-18-14-10-6-2)70-92-96(85,86)90-66-71(78)65-89-95(83,84)91-69-72(93-76(81)63-59-55-51-47-43-38-32-28-24-20-16-12-8-4)67-87-74(79)61-57-53-49-45-41-37-31-27-23-19-15-11-7-3/h21-22,25-26,33-36,71-73,78H,5-20,23-24,27-32,37-70H2,1-4H3,(H,83,84)(H,85,86)/b25-21-,26-22-,35-33-,36-34-/t71-,72-,73-/m1/s1. The highest BCUT2D eigenvalue weighted by Gasteiger charge is 2.30. The molecule has 0 bridgehead atoms. The van der Waals surface area contributed by atoms with E-state index in [4.69, 9.17) is 37.0 Å². The quantitative estimate of drug-likeness (QED) is 0.0169.